The Morgan fingerprint density at radius 1 is 1.00 bits per heavy atom. The fourth-order valence-corrected chi connectivity index (χ4v) is 3.42. The minimum Gasteiger partial charge on any atom is -0.497 e. The van der Waals surface area contributed by atoms with Gasteiger partial charge in [0, 0.05) is 11.7 Å². The lowest BCUT2D eigenvalue weighted by Crippen LogP contribution is -2.18. The molecule has 0 fully saturated rings. The molecule has 0 aliphatic heterocycles. The standard InChI is InChI=1S/C25H34O4S/c1-5-6-7-8-25(26)29-24(21-11-15-22(27-3)16-12-21)18-28-23-13-9-20(10-14-23)17-19(2)30-4/h9-16,19,24H,5-8,17-18H2,1-4H3. The summed E-state index contributed by atoms with van der Waals surface area (Å²) in [5.41, 5.74) is 2.18. The van der Waals surface area contributed by atoms with E-state index in [1.54, 1.807) is 7.11 Å². The predicted molar refractivity (Wildman–Crippen MR) is 125 cm³/mol. The fourth-order valence-electron chi connectivity index (χ4n) is 3.06. The molecular formula is C25H34O4S. The van der Waals surface area contributed by atoms with Crippen LogP contribution in [0.1, 0.15) is 56.8 Å². The van der Waals surface area contributed by atoms with Gasteiger partial charge in [-0.25, -0.2) is 0 Å². The van der Waals surface area contributed by atoms with Crippen molar-refractivity contribution in [2.45, 2.75) is 57.3 Å². The molecule has 0 radical (unpaired) electrons. The summed E-state index contributed by atoms with van der Waals surface area (Å²) in [5, 5.41) is 0.586. The molecule has 0 aliphatic rings. The van der Waals surface area contributed by atoms with E-state index in [0.717, 1.165) is 42.7 Å². The van der Waals surface area contributed by atoms with Crippen molar-refractivity contribution >= 4 is 17.7 Å². The molecule has 0 saturated heterocycles. The quantitative estimate of drug-likeness (QED) is 0.278. The van der Waals surface area contributed by atoms with Gasteiger partial charge in [0.05, 0.1) is 7.11 Å². The number of carbonyl (C=O) groups is 1. The van der Waals surface area contributed by atoms with E-state index in [1.807, 2.05) is 48.2 Å². The number of methoxy groups -OCH3 is 1. The van der Waals surface area contributed by atoms with E-state index < -0.39 is 6.10 Å². The van der Waals surface area contributed by atoms with Crippen LogP contribution in [0.4, 0.5) is 0 Å². The first-order valence-electron chi connectivity index (χ1n) is 10.6. The summed E-state index contributed by atoms with van der Waals surface area (Å²) in [7, 11) is 1.63. The van der Waals surface area contributed by atoms with Gasteiger partial charge in [-0.2, -0.15) is 11.8 Å². The molecule has 0 saturated carbocycles. The van der Waals surface area contributed by atoms with Crippen LogP contribution in [0.3, 0.4) is 0 Å². The van der Waals surface area contributed by atoms with Gasteiger partial charge in [-0.05, 0) is 54.5 Å². The number of hydrogen-bond acceptors (Lipinski definition) is 5. The highest BCUT2D eigenvalue weighted by atomic mass is 32.2. The van der Waals surface area contributed by atoms with Crippen LogP contribution in [0.2, 0.25) is 0 Å². The molecule has 2 unspecified atom stereocenters. The third-order valence-electron chi connectivity index (χ3n) is 5.00. The molecule has 0 bridgehead atoms. The van der Waals surface area contributed by atoms with Gasteiger partial charge in [0.2, 0.25) is 0 Å². The highest BCUT2D eigenvalue weighted by molar-refractivity contribution is 7.99. The van der Waals surface area contributed by atoms with Crippen LogP contribution in [0.15, 0.2) is 48.5 Å². The summed E-state index contributed by atoms with van der Waals surface area (Å²) >= 11 is 1.86. The van der Waals surface area contributed by atoms with E-state index in [-0.39, 0.29) is 12.6 Å². The van der Waals surface area contributed by atoms with Crippen molar-refractivity contribution in [2.24, 2.45) is 0 Å². The largest absolute Gasteiger partial charge is 0.497 e. The van der Waals surface area contributed by atoms with Crippen LogP contribution in [-0.4, -0.2) is 31.2 Å². The van der Waals surface area contributed by atoms with Crippen molar-refractivity contribution in [3.8, 4) is 11.5 Å². The monoisotopic (exact) mass is 430 g/mol. The number of thioether (sulfide) groups is 1. The Kier molecular flexibility index (Phi) is 10.6. The average Bonchev–Trinajstić information content (AvgIpc) is 2.77. The Morgan fingerprint density at radius 2 is 1.67 bits per heavy atom. The third-order valence-corrected chi connectivity index (χ3v) is 5.97. The number of ether oxygens (including phenoxy) is 3. The number of carbonyl (C=O) groups excluding carboxylic acids is 1. The zero-order valence-electron chi connectivity index (χ0n) is 18.6. The SMILES string of the molecule is CCCCCC(=O)OC(COc1ccc(CC(C)SC)cc1)c1ccc(OC)cc1. The maximum absolute atomic E-state index is 12.3. The molecule has 0 N–H and O–H groups in total. The van der Waals surface area contributed by atoms with Crippen molar-refractivity contribution in [1.29, 1.82) is 0 Å². The van der Waals surface area contributed by atoms with Gasteiger partial charge >= 0.3 is 5.97 Å². The Bertz CT molecular complexity index is 743. The fraction of sp³-hybridized carbons (Fsp3) is 0.480. The van der Waals surface area contributed by atoms with Crippen molar-refractivity contribution in [1.82, 2.24) is 0 Å². The van der Waals surface area contributed by atoms with Crippen LogP contribution in [0.5, 0.6) is 11.5 Å². The zero-order valence-corrected chi connectivity index (χ0v) is 19.4. The summed E-state index contributed by atoms with van der Waals surface area (Å²) < 4.78 is 17.0. The lowest BCUT2D eigenvalue weighted by Gasteiger charge is -2.19. The maximum atomic E-state index is 12.3. The second kappa shape index (κ2) is 13.2. The molecule has 30 heavy (non-hydrogen) atoms. The van der Waals surface area contributed by atoms with E-state index in [4.69, 9.17) is 14.2 Å². The van der Waals surface area contributed by atoms with Gasteiger partial charge in [0.25, 0.3) is 0 Å². The molecule has 2 aromatic rings. The number of hydrogen-bond donors (Lipinski definition) is 0. The summed E-state index contributed by atoms with van der Waals surface area (Å²) in [6.07, 6.45) is 6.09. The normalized spacial score (nSPS) is 12.8. The van der Waals surface area contributed by atoms with Crippen molar-refractivity contribution in [3.63, 3.8) is 0 Å². The first-order valence-corrected chi connectivity index (χ1v) is 11.9. The number of esters is 1. The second-order valence-electron chi connectivity index (χ2n) is 7.41. The van der Waals surface area contributed by atoms with Gasteiger partial charge in [-0.3, -0.25) is 4.79 Å². The molecule has 2 rings (SSSR count). The van der Waals surface area contributed by atoms with Gasteiger partial charge in [-0.1, -0.05) is 51.0 Å². The second-order valence-corrected chi connectivity index (χ2v) is 8.69. The third kappa shape index (κ3) is 8.31. The van der Waals surface area contributed by atoms with Crippen LogP contribution in [0.25, 0.3) is 0 Å². The Labute approximate surface area is 185 Å². The molecule has 2 aromatic carbocycles. The van der Waals surface area contributed by atoms with Crippen LogP contribution in [-0.2, 0) is 16.0 Å². The molecule has 0 spiro atoms. The molecule has 5 heteroatoms. The lowest BCUT2D eigenvalue weighted by molar-refractivity contribution is -0.151. The van der Waals surface area contributed by atoms with Crippen molar-refractivity contribution in [3.05, 3.63) is 59.7 Å². The molecule has 0 heterocycles. The molecule has 0 aromatic heterocycles. The van der Waals surface area contributed by atoms with Crippen LogP contribution in [0, 0.1) is 0 Å². The number of rotatable bonds is 13. The molecule has 0 amide bonds. The summed E-state index contributed by atoms with van der Waals surface area (Å²) in [5.74, 6) is 1.35. The topological polar surface area (TPSA) is 44.8 Å². The Hall–Kier alpha value is -2.14. The summed E-state index contributed by atoms with van der Waals surface area (Å²) in [4.78, 5) is 12.3. The van der Waals surface area contributed by atoms with Crippen molar-refractivity contribution in [2.75, 3.05) is 20.0 Å². The molecule has 164 valence electrons. The van der Waals surface area contributed by atoms with Crippen LogP contribution >= 0.6 is 11.8 Å². The first kappa shape index (κ1) is 24.1. The van der Waals surface area contributed by atoms with Gasteiger partial charge in [-0.15, -0.1) is 0 Å². The van der Waals surface area contributed by atoms with E-state index in [2.05, 4.69) is 32.2 Å². The zero-order chi connectivity index (χ0) is 21.8. The number of benzene rings is 2. The maximum Gasteiger partial charge on any atom is 0.306 e. The van der Waals surface area contributed by atoms with E-state index >= 15 is 0 Å². The molecule has 0 aliphatic carbocycles. The molecule has 2 atom stereocenters. The minimum absolute atomic E-state index is 0.186. The van der Waals surface area contributed by atoms with Crippen LogP contribution < -0.4 is 9.47 Å². The number of unbranched alkanes of at least 4 members (excludes halogenated alkanes) is 2. The van der Waals surface area contributed by atoms with E-state index in [9.17, 15) is 4.79 Å². The van der Waals surface area contributed by atoms with E-state index in [0.29, 0.717) is 11.7 Å². The van der Waals surface area contributed by atoms with Crippen molar-refractivity contribution < 1.29 is 19.0 Å². The smallest absolute Gasteiger partial charge is 0.306 e. The molecular weight excluding hydrogens is 396 g/mol. The Balaban J connectivity index is 2.01. The van der Waals surface area contributed by atoms with Gasteiger partial charge in [0.15, 0.2) is 6.10 Å². The van der Waals surface area contributed by atoms with Gasteiger partial charge < -0.3 is 14.2 Å². The average molecular weight is 431 g/mol. The summed E-state index contributed by atoms with van der Waals surface area (Å²) in [6, 6.07) is 15.7. The lowest BCUT2D eigenvalue weighted by atomic mass is 10.1. The first-order chi connectivity index (χ1) is 14.5. The highest BCUT2D eigenvalue weighted by Gasteiger charge is 2.18. The molecule has 4 nitrogen and oxygen atoms in total. The van der Waals surface area contributed by atoms with Gasteiger partial charge in [0.1, 0.15) is 18.1 Å². The highest BCUT2D eigenvalue weighted by Crippen LogP contribution is 2.24. The summed E-state index contributed by atoms with van der Waals surface area (Å²) in [6.45, 7) is 4.61. The predicted octanol–water partition coefficient (Wildman–Crippen LogP) is 6.23. The van der Waals surface area contributed by atoms with E-state index in [1.165, 1.54) is 5.56 Å². The minimum atomic E-state index is -0.457. The Morgan fingerprint density at radius 3 is 2.27 bits per heavy atom.